The molecule has 2 heterocycles. The Labute approximate surface area is 253 Å². The molecule has 4 aliphatic rings. The molecule has 3 aliphatic carbocycles. The Morgan fingerprint density at radius 1 is 0.651 bits per heavy atom. The lowest BCUT2D eigenvalue weighted by Gasteiger charge is -2.40. The number of aromatic nitrogens is 1. The molecule has 0 saturated heterocycles. The van der Waals surface area contributed by atoms with Crippen LogP contribution >= 0.6 is 0 Å². The van der Waals surface area contributed by atoms with Crippen LogP contribution in [0, 0.1) is 5.92 Å². The molecular weight excluding hydrogens is 520 g/mol. The van der Waals surface area contributed by atoms with E-state index in [2.05, 4.69) is 157 Å². The minimum atomic E-state index is 0.248. The summed E-state index contributed by atoms with van der Waals surface area (Å²) < 4.78 is 0. The minimum absolute atomic E-state index is 0.248. The van der Waals surface area contributed by atoms with Gasteiger partial charge >= 0.3 is 0 Å². The third-order valence-electron chi connectivity index (χ3n) is 10.1. The van der Waals surface area contributed by atoms with Gasteiger partial charge in [0.2, 0.25) is 0 Å². The number of hydrogen-bond acceptors (Lipinski definition) is 2. The second-order valence-corrected chi connectivity index (χ2v) is 12.3. The summed E-state index contributed by atoms with van der Waals surface area (Å²) in [6, 6.07) is 36.0. The Hall–Kier alpha value is -4.95. The zero-order valence-electron chi connectivity index (χ0n) is 23.9. The third-order valence-corrected chi connectivity index (χ3v) is 10.1. The number of para-hydroxylation sites is 1. The molecule has 0 amide bonds. The zero-order chi connectivity index (χ0) is 28.3. The molecule has 206 valence electrons. The van der Waals surface area contributed by atoms with Crippen LogP contribution in [0.1, 0.15) is 52.0 Å². The van der Waals surface area contributed by atoms with Crippen LogP contribution in [0.2, 0.25) is 0 Å². The van der Waals surface area contributed by atoms with Gasteiger partial charge in [0.05, 0.1) is 17.9 Å². The second kappa shape index (κ2) is 9.81. The fourth-order valence-corrected chi connectivity index (χ4v) is 8.27. The van der Waals surface area contributed by atoms with Crippen LogP contribution in [0.5, 0.6) is 0 Å². The van der Waals surface area contributed by atoms with E-state index in [0.29, 0.717) is 17.8 Å². The van der Waals surface area contributed by atoms with E-state index in [9.17, 15) is 0 Å². The van der Waals surface area contributed by atoms with Crippen LogP contribution in [-0.2, 0) is 0 Å². The van der Waals surface area contributed by atoms with Crippen molar-refractivity contribution in [2.24, 2.45) is 5.92 Å². The van der Waals surface area contributed by atoms with Gasteiger partial charge in [-0.1, -0.05) is 127 Å². The van der Waals surface area contributed by atoms with Crippen LogP contribution in [-0.4, -0.2) is 11.0 Å². The minimum Gasteiger partial charge on any atom is -0.332 e. The summed E-state index contributed by atoms with van der Waals surface area (Å²) in [4.78, 5) is 7.39. The molecule has 0 spiro atoms. The van der Waals surface area contributed by atoms with E-state index < -0.39 is 0 Å². The van der Waals surface area contributed by atoms with Crippen molar-refractivity contribution in [3.05, 3.63) is 180 Å². The summed E-state index contributed by atoms with van der Waals surface area (Å²) in [6.07, 6.45) is 21.6. The smallest absolute Gasteiger partial charge is 0.0648 e. The molecule has 43 heavy (non-hydrogen) atoms. The van der Waals surface area contributed by atoms with Crippen molar-refractivity contribution in [2.45, 2.75) is 30.2 Å². The standard InChI is InChI=1S/C41H32N2/c1-2-13-30(14-3-1)43-39-20-9-8-17-35(39)41-38(25-42-26-40(41)43)34-19-10-18-33-31-15-6-7-16-32(31)36(24-37(33)34)29-22-21-27-11-4-5-12-28(27)23-29/h1-23,25-26,33,35-37,39H,24H2/t33?,35?,36-,37?,39?/m1/s1. The molecule has 0 radical (unpaired) electrons. The Kier molecular flexibility index (Phi) is 5.62. The van der Waals surface area contributed by atoms with Gasteiger partial charge in [-0.2, -0.15) is 0 Å². The summed E-state index contributed by atoms with van der Waals surface area (Å²) in [5, 5.41) is 2.61. The van der Waals surface area contributed by atoms with Crippen molar-refractivity contribution in [3.63, 3.8) is 0 Å². The van der Waals surface area contributed by atoms with Crippen molar-refractivity contribution in [1.29, 1.82) is 0 Å². The van der Waals surface area contributed by atoms with Gasteiger partial charge in [-0.3, -0.25) is 4.98 Å². The molecule has 5 aromatic rings. The van der Waals surface area contributed by atoms with Crippen LogP contribution in [0.3, 0.4) is 0 Å². The Morgan fingerprint density at radius 3 is 2.33 bits per heavy atom. The average Bonchev–Trinajstić information content (AvgIpc) is 3.42. The number of anilines is 2. The molecule has 9 rings (SSSR count). The first-order valence-electron chi connectivity index (χ1n) is 15.5. The monoisotopic (exact) mass is 552 g/mol. The first-order chi connectivity index (χ1) is 21.3. The lowest BCUT2D eigenvalue weighted by Crippen LogP contribution is -2.28. The van der Waals surface area contributed by atoms with Crippen molar-refractivity contribution in [1.82, 2.24) is 4.98 Å². The van der Waals surface area contributed by atoms with Crippen LogP contribution in [0.15, 0.2) is 152 Å². The molecule has 2 heteroatoms. The molecule has 0 saturated carbocycles. The number of nitrogens with zero attached hydrogens (tertiary/aromatic N) is 2. The Morgan fingerprint density at radius 2 is 1.42 bits per heavy atom. The van der Waals surface area contributed by atoms with E-state index in [1.807, 2.05) is 0 Å². The predicted octanol–water partition coefficient (Wildman–Crippen LogP) is 9.85. The summed E-state index contributed by atoms with van der Waals surface area (Å²) >= 11 is 0. The van der Waals surface area contributed by atoms with E-state index in [0.717, 1.165) is 6.42 Å². The van der Waals surface area contributed by atoms with Gasteiger partial charge in [0, 0.05) is 35.2 Å². The van der Waals surface area contributed by atoms with Gasteiger partial charge in [0.1, 0.15) is 0 Å². The SMILES string of the molecule is C1=CC2c3ccccc3[C@@H](c3ccc4ccccc4c3)CC2C(c2cncc3c2C2C=CC=CC2N3c2ccccc2)=C1. The maximum atomic E-state index is 4.90. The largest absolute Gasteiger partial charge is 0.332 e. The highest BCUT2D eigenvalue weighted by Crippen LogP contribution is 2.56. The van der Waals surface area contributed by atoms with Crippen LogP contribution < -0.4 is 4.90 Å². The molecule has 2 nitrogen and oxygen atoms in total. The fraction of sp³-hybridized carbons (Fsp3) is 0.146. The fourth-order valence-electron chi connectivity index (χ4n) is 8.27. The van der Waals surface area contributed by atoms with E-state index >= 15 is 0 Å². The number of fused-ring (bicyclic) bond motifs is 7. The number of benzene rings is 4. The van der Waals surface area contributed by atoms with Gasteiger partial charge < -0.3 is 4.90 Å². The van der Waals surface area contributed by atoms with Gasteiger partial charge in [-0.05, 0) is 63.1 Å². The van der Waals surface area contributed by atoms with E-state index in [4.69, 9.17) is 4.98 Å². The summed E-state index contributed by atoms with van der Waals surface area (Å²) in [5.74, 6) is 1.35. The van der Waals surface area contributed by atoms with Gasteiger partial charge in [0.15, 0.2) is 0 Å². The number of pyridine rings is 1. The van der Waals surface area contributed by atoms with Crippen LogP contribution in [0.4, 0.5) is 11.4 Å². The van der Waals surface area contributed by atoms with Crippen LogP contribution in [0.25, 0.3) is 16.3 Å². The number of rotatable bonds is 3. The Balaban J connectivity index is 1.18. The summed E-state index contributed by atoms with van der Waals surface area (Å²) in [7, 11) is 0. The molecule has 1 aromatic heterocycles. The lowest BCUT2D eigenvalue weighted by atomic mass is 9.63. The van der Waals surface area contributed by atoms with E-state index in [1.165, 1.54) is 55.5 Å². The topological polar surface area (TPSA) is 16.1 Å². The highest BCUT2D eigenvalue weighted by atomic mass is 15.2. The average molecular weight is 553 g/mol. The maximum Gasteiger partial charge on any atom is 0.0648 e. The quantitative estimate of drug-likeness (QED) is 0.221. The first-order valence-corrected chi connectivity index (χ1v) is 15.5. The summed E-state index contributed by atoms with van der Waals surface area (Å²) in [6.45, 7) is 0. The molecule has 4 unspecified atom stereocenters. The van der Waals surface area contributed by atoms with Crippen molar-refractivity contribution >= 4 is 27.7 Å². The van der Waals surface area contributed by atoms with Gasteiger partial charge in [0.25, 0.3) is 0 Å². The molecule has 0 fully saturated rings. The van der Waals surface area contributed by atoms with Gasteiger partial charge in [-0.25, -0.2) is 0 Å². The van der Waals surface area contributed by atoms with Crippen molar-refractivity contribution in [2.75, 3.05) is 4.90 Å². The summed E-state index contributed by atoms with van der Waals surface area (Å²) in [5.41, 5.74) is 10.9. The highest BCUT2D eigenvalue weighted by Gasteiger charge is 2.43. The lowest BCUT2D eigenvalue weighted by molar-refractivity contribution is 0.476. The maximum absolute atomic E-state index is 4.90. The van der Waals surface area contributed by atoms with E-state index in [1.54, 1.807) is 0 Å². The molecule has 0 N–H and O–H groups in total. The third kappa shape index (κ3) is 3.83. The molecule has 5 atom stereocenters. The molecule has 0 bridgehead atoms. The normalized spacial score (nSPS) is 24.7. The molecule has 1 aliphatic heterocycles. The Bertz CT molecular complexity index is 2000. The number of allylic oxidation sites excluding steroid dienone is 6. The van der Waals surface area contributed by atoms with Gasteiger partial charge in [-0.15, -0.1) is 0 Å². The van der Waals surface area contributed by atoms with Crippen molar-refractivity contribution in [3.8, 4) is 0 Å². The number of hydrogen-bond donors (Lipinski definition) is 0. The highest BCUT2D eigenvalue weighted by molar-refractivity contribution is 5.85. The molecule has 4 aromatic carbocycles. The van der Waals surface area contributed by atoms with Crippen molar-refractivity contribution < 1.29 is 0 Å². The molecular formula is C41H32N2. The predicted molar refractivity (Wildman–Crippen MR) is 178 cm³/mol. The van der Waals surface area contributed by atoms with E-state index in [-0.39, 0.29) is 12.0 Å². The second-order valence-electron chi connectivity index (χ2n) is 12.3. The zero-order valence-corrected chi connectivity index (χ0v) is 23.9. The first kappa shape index (κ1) is 24.6.